The van der Waals surface area contributed by atoms with E-state index in [-0.39, 0.29) is 0 Å². The van der Waals surface area contributed by atoms with Crippen molar-refractivity contribution in [2.24, 2.45) is 11.8 Å². The van der Waals surface area contributed by atoms with Crippen molar-refractivity contribution in [1.82, 2.24) is 10.6 Å². The highest BCUT2D eigenvalue weighted by atomic mass is 14.9. The first-order valence-corrected chi connectivity index (χ1v) is 7.12. The summed E-state index contributed by atoms with van der Waals surface area (Å²) >= 11 is 0. The van der Waals surface area contributed by atoms with Crippen LogP contribution < -0.4 is 10.6 Å². The molecule has 1 unspecified atom stereocenters. The van der Waals surface area contributed by atoms with E-state index in [9.17, 15) is 0 Å². The van der Waals surface area contributed by atoms with Gasteiger partial charge in [0.25, 0.3) is 0 Å². The molecule has 0 saturated carbocycles. The van der Waals surface area contributed by atoms with Crippen LogP contribution in [0.3, 0.4) is 0 Å². The van der Waals surface area contributed by atoms with Crippen LogP contribution in [0.2, 0.25) is 0 Å². The topological polar surface area (TPSA) is 24.1 Å². The third-order valence-electron chi connectivity index (χ3n) is 3.01. The fourth-order valence-corrected chi connectivity index (χ4v) is 1.82. The first kappa shape index (κ1) is 15.9. The van der Waals surface area contributed by atoms with Gasteiger partial charge in [0.1, 0.15) is 0 Å². The monoisotopic (exact) mass is 228 g/mol. The van der Waals surface area contributed by atoms with Crippen LogP contribution in [0.5, 0.6) is 0 Å². The SMILES string of the molecule is CCCCC(CC)CNCCNCC(C)C. The second-order valence-corrected chi connectivity index (χ2v) is 5.22. The van der Waals surface area contributed by atoms with Gasteiger partial charge in [0.05, 0.1) is 0 Å². The van der Waals surface area contributed by atoms with Gasteiger partial charge in [0.2, 0.25) is 0 Å². The van der Waals surface area contributed by atoms with Crippen molar-refractivity contribution in [3.8, 4) is 0 Å². The second-order valence-electron chi connectivity index (χ2n) is 5.22. The van der Waals surface area contributed by atoms with Crippen LogP contribution in [0.25, 0.3) is 0 Å². The summed E-state index contributed by atoms with van der Waals surface area (Å²) in [7, 11) is 0. The maximum absolute atomic E-state index is 3.56. The van der Waals surface area contributed by atoms with Gasteiger partial charge in [0.15, 0.2) is 0 Å². The quantitative estimate of drug-likeness (QED) is 0.531. The largest absolute Gasteiger partial charge is 0.315 e. The first-order chi connectivity index (χ1) is 7.70. The van der Waals surface area contributed by atoms with E-state index < -0.39 is 0 Å². The summed E-state index contributed by atoms with van der Waals surface area (Å²) in [4.78, 5) is 0. The molecule has 0 aliphatic carbocycles. The lowest BCUT2D eigenvalue weighted by molar-refractivity contribution is 0.416. The maximum atomic E-state index is 3.56. The van der Waals surface area contributed by atoms with Gasteiger partial charge in [-0.05, 0) is 31.3 Å². The summed E-state index contributed by atoms with van der Waals surface area (Å²) in [5.41, 5.74) is 0. The van der Waals surface area contributed by atoms with Crippen LogP contribution in [0.15, 0.2) is 0 Å². The predicted molar refractivity (Wildman–Crippen MR) is 73.9 cm³/mol. The Morgan fingerprint density at radius 2 is 1.56 bits per heavy atom. The molecule has 0 fully saturated rings. The van der Waals surface area contributed by atoms with Crippen LogP contribution in [-0.2, 0) is 0 Å². The smallest absolute Gasteiger partial charge is 0.00768 e. The fraction of sp³-hybridized carbons (Fsp3) is 1.00. The molecule has 0 bridgehead atoms. The van der Waals surface area contributed by atoms with Crippen molar-refractivity contribution in [2.75, 3.05) is 26.2 Å². The van der Waals surface area contributed by atoms with Gasteiger partial charge >= 0.3 is 0 Å². The Morgan fingerprint density at radius 3 is 2.06 bits per heavy atom. The molecule has 0 aromatic carbocycles. The minimum absolute atomic E-state index is 0.757. The maximum Gasteiger partial charge on any atom is 0.00768 e. The van der Waals surface area contributed by atoms with Crippen LogP contribution in [0.1, 0.15) is 53.4 Å². The van der Waals surface area contributed by atoms with Gasteiger partial charge < -0.3 is 10.6 Å². The minimum atomic E-state index is 0.757. The third kappa shape index (κ3) is 10.4. The summed E-state index contributed by atoms with van der Waals surface area (Å²) in [5, 5.41) is 7.01. The third-order valence-corrected chi connectivity index (χ3v) is 3.01. The molecular weight excluding hydrogens is 196 g/mol. The van der Waals surface area contributed by atoms with Crippen LogP contribution >= 0.6 is 0 Å². The van der Waals surface area contributed by atoms with E-state index in [0.717, 1.165) is 31.5 Å². The van der Waals surface area contributed by atoms with Gasteiger partial charge in [0, 0.05) is 13.1 Å². The molecule has 0 amide bonds. The number of nitrogens with one attached hydrogen (secondary N) is 2. The lowest BCUT2D eigenvalue weighted by atomic mass is 9.99. The summed E-state index contributed by atoms with van der Waals surface area (Å²) in [6.45, 7) is 13.6. The van der Waals surface area contributed by atoms with Gasteiger partial charge in [-0.1, -0.05) is 47.0 Å². The highest BCUT2D eigenvalue weighted by Gasteiger charge is 2.04. The Labute approximate surface area is 103 Å². The van der Waals surface area contributed by atoms with E-state index in [1.54, 1.807) is 0 Å². The number of unbranched alkanes of at least 4 members (excludes halogenated alkanes) is 1. The van der Waals surface area contributed by atoms with E-state index in [2.05, 4.69) is 38.3 Å². The molecule has 1 atom stereocenters. The molecule has 0 rings (SSSR count). The minimum Gasteiger partial charge on any atom is -0.315 e. The molecule has 2 N–H and O–H groups in total. The van der Waals surface area contributed by atoms with Crippen molar-refractivity contribution < 1.29 is 0 Å². The molecule has 2 nitrogen and oxygen atoms in total. The molecule has 0 aromatic heterocycles. The Balaban J connectivity index is 3.27. The average Bonchev–Trinajstić information content (AvgIpc) is 2.26. The van der Waals surface area contributed by atoms with Crippen LogP contribution in [-0.4, -0.2) is 26.2 Å². The second kappa shape index (κ2) is 11.4. The predicted octanol–water partition coefficient (Wildman–Crippen LogP) is 3.04. The molecule has 0 radical (unpaired) electrons. The van der Waals surface area contributed by atoms with E-state index in [0.29, 0.717) is 0 Å². The zero-order valence-corrected chi connectivity index (χ0v) is 11.8. The highest BCUT2D eigenvalue weighted by Crippen LogP contribution is 2.10. The number of hydrogen-bond donors (Lipinski definition) is 2. The van der Waals surface area contributed by atoms with Crippen LogP contribution in [0.4, 0.5) is 0 Å². The van der Waals surface area contributed by atoms with Crippen molar-refractivity contribution in [1.29, 1.82) is 0 Å². The highest BCUT2D eigenvalue weighted by molar-refractivity contribution is 4.62. The summed E-state index contributed by atoms with van der Waals surface area (Å²) < 4.78 is 0. The lowest BCUT2D eigenvalue weighted by Crippen LogP contribution is -2.32. The van der Waals surface area contributed by atoms with Gasteiger partial charge in [-0.25, -0.2) is 0 Å². The molecule has 98 valence electrons. The van der Waals surface area contributed by atoms with Gasteiger partial charge in [-0.2, -0.15) is 0 Å². The van der Waals surface area contributed by atoms with Gasteiger partial charge in [-0.15, -0.1) is 0 Å². The Morgan fingerprint density at radius 1 is 0.938 bits per heavy atom. The Kier molecular flexibility index (Phi) is 11.3. The number of rotatable bonds is 11. The molecule has 0 aliphatic rings. The molecule has 0 spiro atoms. The standard InChI is InChI=1S/C14H32N2/c1-5-7-8-14(6-2)12-16-10-9-15-11-13(3)4/h13-16H,5-12H2,1-4H3. The molecule has 0 saturated heterocycles. The normalized spacial score (nSPS) is 13.3. The molecule has 0 aromatic rings. The van der Waals surface area contributed by atoms with Gasteiger partial charge in [-0.3, -0.25) is 0 Å². The van der Waals surface area contributed by atoms with Crippen molar-refractivity contribution >= 4 is 0 Å². The van der Waals surface area contributed by atoms with E-state index in [4.69, 9.17) is 0 Å². The van der Waals surface area contributed by atoms with Crippen molar-refractivity contribution in [3.05, 3.63) is 0 Å². The van der Waals surface area contributed by atoms with Crippen LogP contribution in [0, 0.1) is 11.8 Å². The summed E-state index contributed by atoms with van der Waals surface area (Å²) in [6.07, 6.45) is 5.41. The Bertz CT molecular complexity index is 135. The molecule has 16 heavy (non-hydrogen) atoms. The zero-order chi connectivity index (χ0) is 12.2. The fourth-order valence-electron chi connectivity index (χ4n) is 1.82. The van der Waals surface area contributed by atoms with E-state index >= 15 is 0 Å². The summed E-state index contributed by atoms with van der Waals surface area (Å²) in [6, 6.07) is 0. The molecule has 0 aliphatic heterocycles. The number of hydrogen-bond acceptors (Lipinski definition) is 2. The van der Waals surface area contributed by atoms with Crippen molar-refractivity contribution in [3.63, 3.8) is 0 Å². The molecule has 2 heteroatoms. The van der Waals surface area contributed by atoms with E-state index in [1.807, 2.05) is 0 Å². The average molecular weight is 228 g/mol. The zero-order valence-electron chi connectivity index (χ0n) is 11.8. The molecule has 0 heterocycles. The molecular formula is C14H32N2. The summed E-state index contributed by atoms with van der Waals surface area (Å²) in [5.74, 6) is 1.64. The lowest BCUT2D eigenvalue weighted by Gasteiger charge is -2.15. The van der Waals surface area contributed by atoms with Crippen molar-refractivity contribution in [2.45, 2.75) is 53.4 Å². The Hall–Kier alpha value is -0.0800. The van der Waals surface area contributed by atoms with E-state index in [1.165, 1.54) is 32.2 Å². The first-order valence-electron chi connectivity index (χ1n) is 7.12.